The maximum Gasteiger partial charge on any atom is 0.0678 e. The van der Waals surface area contributed by atoms with Gasteiger partial charge in [-0.2, -0.15) is 0 Å². The van der Waals surface area contributed by atoms with Crippen molar-refractivity contribution in [1.29, 1.82) is 0 Å². The third-order valence-electron chi connectivity index (χ3n) is 5.20. The number of hydrogen-bond donors (Lipinski definition) is 1. The highest BCUT2D eigenvalue weighted by molar-refractivity contribution is 4.98. The van der Waals surface area contributed by atoms with Crippen LogP contribution in [0.3, 0.4) is 0 Å². The van der Waals surface area contributed by atoms with Crippen molar-refractivity contribution in [3.05, 3.63) is 0 Å². The summed E-state index contributed by atoms with van der Waals surface area (Å²) in [6.45, 7) is 12.0. The predicted octanol–water partition coefficient (Wildman–Crippen LogP) is 3.03. The molecule has 2 aliphatic rings. The van der Waals surface area contributed by atoms with E-state index >= 15 is 0 Å². The van der Waals surface area contributed by atoms with Crippen LogP contribution in [0.5, 0.6) is 0 Å². The standard InChI is InChI=1S/C17H34N2O/c1-13(2)8-16-6-5-7-17(9-16,12-18)19-10-14(3)20-15(4)11-19/h13-16H,5-12,18H2,1-4H3. The lowest BCUT2D eigenvalue weighted by molar-refractivity contribution is -0.112. The van der Waals surface area contributed by atoms with Crippen molar-refractivity contribution in [2.45, 2.75) is 77.5 Å². The molecule has 20 heavy (non-hydrogen) atoms. The van der Waals surface area contributed by atoms with E-state index in [0.717, 1.165) is 31.5 Å². The summed E-state index contributed by atoms with van der Waals surface area (Å²) in [5.74, 6) is 1.66. The minimum Gasteiger partial charge on any atom is -0.373 e. The van der Waals surface area contributed by atoms with Crippen LogP contribution in [0, 0.1) is 11.8 Å². The number of morpholine rings is 1. The molecule has 0 spiro atoms. The quantitative estimate of drug-likeness (QED) is 0.861. The van der Waals surface area contributed by atoms with Crippen molar-refractivity contribution >= 4 is 0 Å². The van der Waals surface area contributed by atoms with Crippen molar-refractivity contribution in [2.75, 3.05) is 19.6 Å². The van der Waals surface area contributed by atoms with Gasteiger partial charge < -0.3 is 10.5 Å². The molecule has 2 fully saturated rings. The first kappa shape index (κ1) is 16.3. The van der Waals surface area contributed by atoms with Crippen LogP contribution >= 0.6 is 0 Å². The Kier molecular flexibility index (Phi) is 5.49. The molecule has 1 aliphatic heterocycles. The van der Waals surface area contributed by atoms with Crippen molar-refractivity contribution in [3.63, 3.8) is 0 Å². The molecule has 1 saturated carbocycles. The molecule has 0 aromatic carbocycles. The summed E-state index contributed by atoms with van der Waals surface area (Å²) in [7, 11) is 0. The van der Waals surface area contributed by atoms with E-state index in [1.54, 1.807) is 0 Å². The topological polar surface area (TPSA) is 38.5 Å². The highest BCUT2D eigenvalue weighted by Crippen LogP contribution is 2.40. The average Bonchev–Trinajstić information content (AvgIpc) is 2.37. The maximum atomic E-state index is 6.27. The van der Waals surface area contributed by atoms with E-state index in [9.17, 15) is 0 Å². The molecular weight excluding hydrogens is 248 g/mol. The molecule has 3 nitrogen and oxygen atoms in total. The van der Waals surface area contributed by atoms with Gasteiger partial charge in [0.25, 0.3) is 0 Å². The van der Waals surface area contributed by atoms with Crippen molar-refractivity contribution in [1.82, 2.24) is 4.90 Å². The van der Waals surface area contributed by atoms with Crippen molar-refractivity contribution < 1.29 is 4.74 Å². The van der Waals surface area contributed by atoms with Crippen LogP contribution in [0.1, 0.15) is 59.8 Å². The first-order valence-corrected chi connectivity index (χ1v) is 8.56. The zero-order valence-corrected chi connectivity index (χ0v) is 13.9. The second-order valence-electron chi connectivity index (χ2n) is 7.68. The van der Waals surface area contributed by atoms with E-state index in [1.807, 2.05) is 0 Å². The molecule has 2 rings (SSSR count). The van der Waals surface area contributed by atoms with Crippen molar-refractivity contribution in [2.24, 2.45) is 17.6 Å². The molecule has 0 aromatic heterocycles. The Balaban J connectivity index is 2.07. The van der Waals surface area contributed by atoms with Crippen LogP contribution in [-0.4, -0.2) is 42.3 Å². The average molecular weight is 282 g/mol. The maximum absolute atomic E-state index is 6.27. The van der Waals surface area contributed by atoms with Gasteiger partial charge in [0.05, 0.1) is 12.2 Å². The van der Waals surface area contributed by atoms with Crippen LogP contribution in [0.4, 0.5) is 0 Å². The number of rotatable bonds is 4. The molecule has 0 bridgehead atoms. The fraction of sp³-hybridized carbons (Fsp3) is 1.00. The Hall–Kier alpha value is -0.120. The van der Waals surface area contributed by atoms with Crippen molar-refractivity contribution in [3.8, 4) is 0 Å². The van der Waals surface area contributed by atoms with Crippen LogP contribution in [0.2, 0.25) is 0 Å². The molecule has 0 amide bonds. The number of nitrogens with zero attached hydrogens (tertiary/aromatic N) is 1. The van der Waals surface area contributed by atoms with Crippen LogP contribution < -0.4 is 5.73 Å². The minimum atomic E-state index is 0.240. The lowest BCUT2D eigenvalue weighted by atomic mass is 9.72. The summed E-state index contributed by atoms with van der Waals surface area (Å²) in [6.07, 6.45) is 7.35. The van der Waals surface area contributed by atoms with Gasteiger partial charge in [0, 0.05) is 25.2 Å². The number of nitrogens with two attached hydrogens (primary N) is 1. The lowest BCUT2D eigenvalue weighted by Gasteiger charge is -2.52. The molecule has 1 heterocycles. The number of hydrogen-bond acceptors (Lipinski definition) is 3. The molecular formula is C17H34N2O. The van der Waals surface area contributed by atoms with E-state index < -0.39 is 0 Å². The van der Waals surface area contributed by atoms with E-state index in [2.05, 4.69) is 32.6 Å². The van der Waals surface area contributed by atoms with Crippen LogP contribution in [0.15, 0.2) is 0 Å². The van der Waals surface area contributed by atoms with Gasteiger partial charge in [-0.1, -0.05) is 26.7 Å². The molecule has 2 N–H and O–H groups in total. The third-order valence-corrected chi connectivity index (χ3v) is 5.20. The minimum absolute atomic E-state index is 0.240. The second-order valence-corrected chi connectivity index (χ2v) is 7.68. The van der Waals surface area contributed by atoms with Gasteiger partial charge in [-0.05, 0) is 44.9 Å². The molecule has 118 valence electrons. The van der Waals surface area contributed by atoms with E-state index in [0.29, 0.717) is 12.2 Å². The summed E-state index contributed by atoms with van der Waals surface area (Å²) in [5.41, 5.74) is 6.51. The summed E-state index contributed by atoms with van der Waals surface area (Å²) in [5, 5.41) is 0. The van der Waals surface area contributed by atoms with Gasteiger partial charge in [-0.15, -0.1) is 0 Å². The van der Waals surface area contributed by atoms with Gasteiger partial charge in [0.2, 0.25) is 0 Å². The molecule has 1 aliphatic carbocycles. The van der Waals surface area contributed by atoms with Gasteiger partial charge in [0.1, 0.15) is 0 Å². The molecule has 4 unspecified atom stereocenters. The smallest absolute Gasteiger partial charge is 0.0678 e. The Morgan fingerprint density at radius 1 is 1.25 bits per heavy atom. The first-order valence-electron chi connectivity index (χ1n) is 8.56. The zero-order chi connectivity index (χ0) is 14.8. The zero-order valence-electron chi connectivity index (χ0n) is 13.9. The van der Waals surface area contributed by atoms with Crippen LogP contribution in [0.25, 0.3) is 0 Å². The highest BCUT2D eigenvalue weighted by Gasteiger charge is 2.42. The van der Waals surface area contributed by atoms with E-state index in [4.69, 9.17) is 10.5 Å². The molecule has 3 heteroatoms. The summed E-state index contributed by atoms with van der Waals surface area (Å²) >= 11 is 0. The summed E-state index contributed by atoms with van der Waals surface area (Å²) < 4.78 is 5.91. The summed E-state index contributed by atoms with van der Waals surface area (Å²) in [6, 6.07) is 0. The highest BCUT2D eigenvalue weighted by atomic mass is 16.5. The molecule has 0 aromatic rings. The van der Waals surface area contributed by atoms with Gasteiger partial charge >= 0.3 is 0 Å². The number of ether oxygens (including phenoxy) is 1. The third kappa shape index (κ3) is 3.75. The Bertz CT molecular complexity index is 297. The Morgan fingerprint density at radius 2 is 1.90 bits per heavy atom. The molecule has 4 atom stereocenters. The van der Waals surface area contributed by atoms with Crippen LogP contribution in [-0.2, 0) is 4.74 Å². The second kappa shape index (κ2) is 6.76. The van der Waals surface area contributed by atoms with Gasteiger partial charge in [-0.3, -0.25) is 4.90 Å². The molecule has 1 saturated heterocycles. The summed E-state index contributed by atoms with van der Waals surface area (Å²) in [4.78, 5) is 2.66. The fourth-order valence-corrected chi connectivity index (χ4v) is 4.50. The lowest BCUT2D eigenvalue weighted by Crippen LogP contribution is -2.62. The monoisotopic (exact) mass is 282 g/mol. The van der Waals surface area contributed by atoms with Gasteiger partial charge in [-0.25, -0.2) is 0 Å². The molecule has 0 radical (unpaired) electrons. The SMILES string of the molecule is CC(C)CC1CCCC(CN)(N2CC(C)OC(C)C2)C1. The Labute approximate surface area is 125 Å². The predicted molar refractivity (Wildman–Crippen MR) is 84.8 cm³/mol. The Morgan fingerprint density at radius 3 is 2.45 bits per heavy atom. The van der Waals surface area contributed by atoms with E-state index in [1.165, 1.54) is 32.1 Å². The van der Waals surface area contributed by atoms with E-state index in [-0.39, 0.29) is 5.54 Å². The normalized spacial score (nSPS) is 40.2. The van der Waals surface area contributed by atoms with Gasteiger partial charge in [0.15, 0.2) is 0 Å². The first-order chi connectivity index (χ1) is 9.45. The largest absolute Gasteiger partial charge is 0.373 e. The fourth-order valence-electron chi connectivity index (χ4n) is 4.50.